The van der Waals surface area contributed by atoms with Gasteiger partial charge in [-0.15, -0.1) is 0 Å². The van der Waals surface area contributed by atoms with Crippen molar-refractivity contribution in [1.29, 1.82) is 0 Å². The lowest BCUT2D eigenvalue weighted by Gasteiger charge is -2.13. The van der Waals surface area contributed by atoms with Crippen LogP contribution < -0.4 is 15.1 Å². The number of fused-ring (bicyclic) bond motifs is 1. The molecule has 23 heavy (non-hydrogen) atoms. The fourth-order valence-electron chi connectivity index (χ4n) is 2.25. The van der Waals surface area contributed by atoms with E-state index in [4.69, 9.17) is 13.9 Å². The molecule has 0 aliphatic heterocycles. The Morgan fingerprint density at radius 1 is 1.09 bits per heavy atom. The molecule has 2 aromatic carbocycles. The van der Waals surface area contributed by atoms with E-state index in [0.29, 0.717) is 22.6 Å². The molecular weight excluding hydrogens is 296 g/mol. The molecule has 0 aliphatic carbocycles. The minimum absolute atomic E-state index is 0.0791. The maximum Gasteiger partial charge on any atom is 0.336 e. The maximum atomic E-state index is 11.2. The van der Waals surface area contributed by atoms with Gasteiger partial charge in [-0.1, -0.05) is 12.1 Å². The van der Waals surface area contributed by atoms with Crippen LogP contribution in [0.2, 0.25) is 0 Å². The quantitative estimate of drug-likeness (QED) is 0.734. The summed E-state index contributed by atoms with van der Waals surface area (Å²) >= 11 is 0. The van der Waals surface area contributed by atoms with Crippen LogP contribution in [0, 0.1) is 0 Å². The van der Waals surface area contributed by atoms with Crippen LogP contribution in [-0.4, -0.2) is 18.8 Å². The molecule has 5 heteroatoms. The zero-order chi connectivity index (χ0) is 16.2. The number of aliphatic hydroxyl groups is 1. The summed E-state index contributed by atoms with van der Waals surface area (Å²) in [5.74, 6) is 1.20. The van der Waals surface area contributed by atoms with Gasteiger partial charge in [0.1, 0.15) is 29.8 Å². The van der Waals surface area contributed by atoms with Gasteiger partial charge < -0.3 is 19.0 Å². The summed E-state index contributed by atoms with van der Waals surface area (Å²) in [5.41, 5.74) is 0.744. The van der Waals surface area contributed by atoms with Crippen LogP contribution >= 0.6 is 0 Å². The topological polar surface area (TPSA) is 68.9 Å². The van der Waals surface area contributed by atoms with Crippen LogP contribution in [0.5, 0.6) is 11.5 Å². The Hall–Kier alpha value is -2.79. The van der Waals surface area contributed by atoms with Crippen molar-refractivity contribution < 1.29 is 19.0 Å². The van der Waals surface area contributed by atoms with Crippen molar-refractivity contribution in [3.8, 4) is 11.5 Å². The van der Waals surface area contributed by atoms with Crippen LogP contribution in [0.25, 0.3) is 11.0 Å². The highest BCUT2D eigenvalue weighted by molar-refractivity contribution is 5.77. The van der Waals surface area contributed by atoms with Crippen molar-refractivity contribution in [3.63, 3.8) is 0 Å². The van der Waals surface area contributed by atoms with Crippen molar-refractivity contribution in [2.45, 2.75) is 6.10 Å². The Morgan fingerprint density at radius 3 is 2.74 bits per heavy atom. The third kappa shape index (κ3) is 3.52. The Balaban J connectivity index is 1.73. The molecule has 0 amide bonds. The first-order valence-corrected chi connectivity index (χ1v) is 7.14. The fourth-order valence-corrected chi connectivity index (χ4v) is 2.25. The summed E-state index contributed by atoms with van der Waals surface area (Å²) in [6.45, 7) is 0.0791. The van der Waals surface area contributed by atoms with Crippen LogP contribution in [0.15, 0.2) is 63.8 Å². The molecular formula is C18H16O5. The highest BCUT2D eigenvalue weighted by atomic mass is 16.5. The van der Waals surface area contributed by atoms with E-state index in [-0.39, 0.29) is 6.61 Å². The Morgan fingerprint density at radius 2 is 1.91 bits per heavy atom. The highest BCUT2D eigenvalue weighted by Gasteiger charge is 2.10. The second-order valence-corrected chi connectivity index (χ2v) is 5.06. The van der Waals surface area contributed by atoms with Gasteiger partial charge >= 0.3 is 5.63 Å². The number of benzene rings is 2. The first-order valence-electron chi connectivity index (χ1n) is 7.14. The summed E-state index contributed by atoms with van der Waals surface area (Å²) in [5, 5.41) is 11.0. The molecule has 3 aromatic rings. The summed E-state index contributed by atoms with van der Waals surface area (Å²) in [6, 6.07) is 15.4. The lowest BCUT2D eigenvalue weighted by molar-refractivity contribution is 0.108. The molecule has 1 N–H and O–H groups in total. The Kier molecular flexibility index (Phi) is 4.30. The molecule has 5 nitrogen and oxygen atoms in total. The summed E-state index contributed by atoms with van der Waals surface area (Å²) in [6.07, 6.45) is -0.788. The van der Waals surface area contributed by atoms with Crippen LogP contribution in [0.3, 0.4) is 0 Å². The minimum Gasteiger partial charge on any atom is -0.497 e. The Labute approximate surface area is 132 Å². The van der Waals surface area contributed by atoms with E-state index in [2.05, 4.69) is 0 Å². The predicted octanol–water partition coefficient (Wildman–Crippen LogP) is 2.91. The summed E-state index contributed by atoms with van der Waals surface area (Å²) in [7, 11) is 1.57. The molecule has 1 aromatic heterocycles. The maximum absolute atomic E-state index is 11.2. The van der Waals surface area contributed by atoms with E-state index >= 15 is 0 Å². The second kappa shape index (κ2) is 6.54. The van der Waals surface area contributed by atoms with Gasteiger partial charge in [0.2, 0.25) is 0 Å². The fraction of sp³-hybridized carbons (Fsp3) is 0.167. The summed E-state index contributed by atoms with van der Waals surface area (Å²) < 4.78 is 15.8. The molecule has 1 heterocycles. The van der Waals surface area contributed by atoms with Gasteiger partial charge in [-0.2, -0.15) is 0 Å². The molecule has 0 bridgehead atoms. The average Bonchev–Trinajstić information content (AvgIpc) is 2.59. The van der Waals surface area contributed by atoms with Gasteiger partial charge in [0, 0.05) is 17.5 Å². The molecule has 1 unspecified atom stereocenters. The molecule has 0 spiro atoms. The molecule has 0 saturated heterocycles. The van der Waals surface area contributed by atoms with Gasteiger partial charge in [-0.05, 0) is 35.9 Å². The van der Waals surface area contributed by atoms with Gasteiger partial charge in [0.25, 0.3) is 0 Å². The van der Waals surface area contributed by atoms with E-state index in [0.717, 1.165) is 5.39 Å². The molecule has 1 atom stereocenters. The van der Waals surface area contributed by atoms with E-state index in [1.807, 2.05) is 12.1 Å². The van der Waals surface area contributed by atoms with Gasteiger partial charge in [0.15, 0.2) is 0 Å². The van der Waals surface area contributed by atoms with Gasteiger partial charge in [-0.25, -0.2) is 4.79 Å². The first kappa shape index (κ1) is 15.1. The van der Waals surface area contributed by atoms with Gasteiger partial charge in [0.05, 0.1) is 7.11 Å². The number of aliphatic hydroxyl groups excluding tert-OH is 1. The van der Waals surface area contributed by atoms with Crippen molar-refractivity contribution in [2.24, 2.45) is 0 Å². The van der Waals surface area contributed by atoms with Crippen LogP contribution in [0.1, 0.15) is 11.7 Å². The lowest BCUT2D eigenvalue weighted by Crippen LogP contribution is -2.09. The first-order chi connectivity index (χ1) is 11.2. The number of hydrogen-bond donors (Lipinski definition) is 1. The molecule has 3 rings (SSSR count). The van der Waals surface area contributed by atoms with Crippen molar-refractivity contribution >= 4 is 11.0 Å². The zero-order valence-electron chi connectivity index (χ0n) is 12.6. The largest absolute Gasteiger partial charge is 0.497 e. The number of ether oxygens (including phenoxy) is 2. The Bertz CT molecular complexity index is 868. The molecule has 0 fully saturated rings. The normalized spacial score (nSPS) is 12.1. The van der Waals surface area contributed by atoms with E-state index in [1.54, 1.807) is 43.5 Å². The SMILES string of the molecule is COc1cccc(C(O)COc2ccc3ccc(=O)oc3c2)c1. The highest BCUT2D eigenvalue weighted by Crippen LogP contribution is 2.23. The van der Waals surface area contributed by atoms with Crippen LogP contribution in [-0.2, 0) is 0 Å². The van der Waals surface area contributed by atoms with Gasteiger partial charge in [-0.3, -0.25) is 0 Å². The second-order valence-electron chi connectivity index (χ2n) is 5.06. The lowest BCUT2D eigenvalue weighted by atomic mass is 10.1. The van der Waals surface area contributed by atoms with E-state index < -0.39 is 11.7 Å². The monoisotopic (exact) mass is 312 g/mol. The standard InChI is InChI=1S/C18H16O5/c1-21-14-4-2-3-13(9-14)16(19)11-22-15-7-5-12-6-8-18(20)23-17(12)10-15/h2-10,16,19H,11H2,1H3. The van der Waals surface area contributed by atoms with Crippen molar-refractivity contribution in [2.75, 3.05) is 13.7 Å². The minimum atomic E-state index is -0.788. The average molecular weight is 312 g/mol. The van der Waals surface area contributed by atoms with E-state index in [1.165, 1.54) is 6.07 Å². The number of hydrogen-bond acceptors (Lipinski definition) is 5. The summed E-state index contributed by atoms with van der Waals surface area (Å²) in [4.78, 5) is 11.2. The zero-order valence-corrected chi connectivity index (χ0v) is 12.6. The third-order valence-electron chi connectivity index (χ3n) is 3.48. The third-order valence-corrected chi connectivity index (χ3v) is 3.48. The molecule has 0 saturated carbocycles. The van der Waals surface area contributed by atoms with E-state index in [9.17, 15) is 9.90 Å². The van der Waals surface area contributed by atoms with Crippen LogP contribution in [0.4, 0.5) is 0 Å². The predicted molar refractivity (Wildman–Crippen MR) is 85.9 cm³/mol. The number of methoxy groups -OCH3 is 1. The number of rotatable bonds is 5. The smallest absolute Gasteiger partial charge is 0.336 e. The van der Waals surface area contributed by atoms with Crippen molar-refractivity contribution in [3.05, 3.63) is 70.6 Å². The molecule has 0 aliphatic rings. The molecule has 118 valence electrons. The molecule has 0 radical (unpaired) electrons. The van der Waals surface area contributed by atoms with Crippen molar-refractivity contribution in [1.82, 2.24) is 0 Å².